The molecule has 2 aromatic carbocycles. The number of likely N-dealkylation sites (tertiary alicyclic amines) is 2. The van der Waals surface area contributed by atoms with Crippen molar-refractivity contribution >= 4 is 11.6 Å². The van der Waals surface area contributed by atoms with Crippen LogP contribution in [0.1, 0.15) is 30.7 Å². The highest BCUT2D eigenvalue weighted by atomic mass is 19.1. The number of phenolic OH excluding ortho intramolecular Hbond substituents is 1. The number of carbonyl (C=O) groups is 1. The van der Waals surface area contributed by atoms with E-state index in [-0.39, 0.29) is 23.3 Å². The van der Waals surface area contributed by atoms with Gasteiger partial charge < -0.3 is 15.3 Å². The summed E-state index contributed by atoms with van der Waals surface area (Å²) >= 11 is 0. The van der Waals surface area contributed by atoms with Crippen molar-refractivity contribution in [3.63, 3.8) is 0 Å². The third-order valence-electron chi connectivity index (χ3n) is 6.47. The van der Waals surface area contributed by atoms with E-state index in [0.717, 1.165) is 57.2 Å². The first-order valence-electron chi connectivity index (χ1n) is 11.0. The summed E-state index contributed by atoms with van der Waals surface area (Å²) in [5.41, 5.74) is 2.63. The summed E-state index contributed by atoms with van der Waals surface area (Å²) in [6, 6.07) is 14.5. The van der Waals surface area contributed by atoms with Gasteiger partial charge in [-0.05, 0) is 49.4 Å². The van der Waals surface area contributed by atoms with Crippen molar-refractivity contribution in [3.8, 4) is 5.75 Å². The summed E-state index contributed by atoms with van der Waals surface area (Å²) in [7, 11) is 0. The molecule has 2 saturated heterocycles. The van der Waals surface area contributed by atoms with Gasteiger partial charge in [0.2, 0.25) is 5.91 Å². The van der Waals surface area contributed by atoms with Crippen LogP contribution in [0.15, 0.2) is 60.8 Å². The fourth-order valence-electron chi connectivity index (χ4n) is 4.64. The molecule has 2 aliphatic heterocycles. The van der Waals surface area contributed by atoms with E-state index in [9.17, 15) is 14.3 Å². The van der Waals surface area contributed by atoms with Gasteiger partial charge in [-0.2, -0.15) is 0 Å². The number of piperidine rings is 1. The number of hydrogen-bond acceptors (Lipinski definition) is 4. The number of carbonyl (C=O) groups excluding carboxylic acids is 1. The first-order valence-corrected chi connectivity index (χ1v) is 11.0. The van der Waals surface area contributed by atoms with Gasteiger partial charge in [0.1, 0.15) is 11.6 Å². The highest BCUT2D eigenvalue weighted by Crippen LogP contribution is 2.30. The van der Waals surface area contributed by atoms with Gasteiger partial charge in [0, 0.05) is 37.9 Å². The van der Waals surface area contributed by atoms with Crippen LogP contribution >= 0.6 is 0 Å². The minimum atomic E-state index is -0.629. The number of nitrogens with one attached hydrogen (secondary N) is 1. The topological polar surface area (TPSA) is 55.8 Å². The maximum absolute atomic E-state index is 13.9. The molecule has 0 spiro atoms. The second-order valence-corrected chi connectivity index (χ2v) is 8.61. The average Bonchev–Trinajstić information content (AvgIpc) is 3.25. The minimum absolute atomic E-state index is 0.104. The van der Waals surface area contributed by atoms with Crippen LogP contribution in [-0.4, -0.2) is 53.5 Å². The lowest BCUT2D eigenvalue weighted by Gasteiger charge is -2.36. The van der Waals surface area contributed by atoms with Gasteiger partial charge in [-0.25, -0.2) is 4.39 Å². The van der Waals surface area contributed by atoms with Crippen molar-refractivity contribution < 1.29 is 14.3 Å². The molecule has 2 aromatic rings. The lowest BCUT2D eigenvalue weighted by atomic mass is 9.89. The molecule has 1 atom stereocenters. The van der Waals surface area contributed by atoms with Crippen LogP contribution in [-0.2, 0) is 4.79 Å². The number of benzene rings is 2. The van der Waals surface area contributed by atoms with Crippen molar-refractivity contribution in [2.45, 2.75) is 25.2 Å². The van der Waals surface area contributed by atoms with Gasteiger partial charge in [0.25, 0.3) is 0 Å². The normalized spacial score (nSPS) is 20.0. The molecule has 0 aliphatic carbocycles. The van der Waals surface area contributed by atoms with E-state index in [1.807, 2.05) is 0 Å². The molecule has 0 unspecified atom stereocenters. The van der Waals surface area contributed by atoms with E-state index < -0.39 is 5.82 Å². The summed E-state index contributed by atoms with van der Waals surface area (Å²) in [5, 5.41) is 12.0. The number of anilines is 1. The molecule has 2 heterocycles. The maximum Gasteiger partial charge on any atom is 0.228 e. The molecule has 0 radical (unpaired) electrons. The standard InChI is InChI=1S/C25H30FN3O2/c1-18(29-13-10-20(11-14-29)19-5-3-2-4-6-19)16-28-12-9-21(17-28)25(31)27-24-8-7-22(30)15-23(24)26/h2-8,15,20-21,30H,1,9-14,16-17H2,(H,27,31)/t21-/m0/s1. The molecule has 4 rings (SSSR count). The zero-order valence-corrected chi connectivity index (χ0v) is 17.8. The van der Waals surface area contributed by atoms with Crippen LogP contribution < -0.4 is 5.32 Å². The van der Waals surface area contributed by atoms with E-state index in [0.29, 0.717) is 12.5 Å². The molecule has 5 nitrogen and oxygen atoms in total. The summed E-state index contributed by atoms with van der Waals surface area (Å²) in [5.74, 6) is -0.527. The third kappa shape index (κ3) is 5.25. The Morgan fingerprint density at radius 1 is 1.10 bits per heavy atom. The molecular weight excluding hydrogens is 393 g/mol. The molecule has 0 bridgehead atoms. The van der Waals surface area contributed by atoms with E-state index in [1.165, 1.54) is 17.7 Å². The smallest absolute Gasteiger partial charge is 0.228 e. The van der Waals surface area contributed by atoms with Crippen molar-refractivity contribution in [2.24, 2.45) is 5.92 Å². The Bertz CT molecular complexity index is 926. The molecule has 2 aliphatic rings. The van der Waals surface area contributed by atoms with Crippen LogP contribution in [0.25, 0.3) is 0 Å². The summed E-state index contributed by atoms with van der Waals surface area (Å²) in [4.78, 5) is 17.2. The first kappa shape index (κ1) is 21.4. The Hall–Kier alpha value is -2.86. The second-order valence-electron chi connectivity index (χ2n) is 8.61. The van der Waals surface area contributed by atoms with Gasteiger partial charge in [0.15, 0.2) is 0 Å². The largest absolute Gasteiger partial charge is 0.508 e. The fourth-order valence-corrected chi connectivity index (χ4v) is 4.64. The van der Waals surface area contributed by atoms with E-state index in [4.69, 9.17) is 0 Å². The lowest BCUT2D eigenvalue weighted by Crippen LogP contribution is -2.37. The Morgan fingerprint density at radius 2 is 1.84 bits per heavy atom. The van der Waals surface area contributed by atoms with Crippen molar-refractivity contribution in [1.29, 1.82) is 0 Å². The number of phenols is 1. The second kappa shape index (κ2) is 9.52. The molecule has 0 saturated carbocycles. The fraction of sp³-hybridized carbons (Fsp3) is 0.400. The van der Waals surface area contributed by atoms with E-state index >= 15 is 0 Å². The number of aromatic hydroxyl groups is 1. The maximum atomic E-state index is 13.9. The quantitative estimate of drug-likeness (QED) is 0.685. The molecule has 2 N–H and O–H groups in total. The Balaban J connectivity index is 1.23. The number of hydrogen-bond donors (Lipinski definition) is 2. The van der Waals surface area contributed by atoms with Crippen molar-refractivity contribution in [3.05, 3.63) is 72.2 Å². The molecular formula is C25H30FN3O2. The average molecular weight is 424 g/mol. The van der Waals surface area contributed by atoms with Crippen LogP contribution in [0.2, 0.25) is 0 Å². The van der Waals surface area contributed by atoms with Crippen LogP contribution in [0.5, 0.6) is 5.75 Å². The van der Waals surface area contributed by atoms with Crippen LogP contribution in [0.4, 0.5) is 10.1 Å². The van der Waals surface area contributed by atoms with Crippen molar-refractivity contribution in [2.75, 3.05) is 38.0 Å². The number of halogens is 1. The molecule has 6 heteroatoms. The zero-order chi connectivity index (χ0) is 21.8. The Morgan fingerprint density at radius 3 is 2.55 bits per heavy atom. The lowest BCUT2D eigenvalue weighted by molar-refractivity contribution is -0.119. The van der Waals surface area contributed by atoms with E-state index in [2.05, 4.69) is 52.0 Å². The first-order chi connectivity index (χ1) is 15.0. The summed E-state index contributed by atoms with van der Waals surface area (Å²) < 4.78 is 13.9. The van der Waals surface area contributed by atoms with Gasteiger partial charge in [0.05, 0.1) is 11.6 Å². The molecule has 31 heavy (non-hydrogen) atoms. The van der Waals surface area contributed by atoms with Crippen molar-refractivity contribution in [1.82, 2.24) is 9.80 Å². The monoisotopic (exact) mass is 423 g/mol. The Kier molecular flexibility index (Phi) is 6.56. The number of rotatable bonds is 6. The summed E-state index contributed by atoms with van der Waals surface area (Å²) in [6.07, 6.45) is 3.01. The highest BCUT2D eigenvalue weighted by molar-refractivity contribution is 5.93. The zero-order valence-electron chi connectivity index (χ0n) is 17.8. The SMILES string of the molecule is C=C(CN1CC[C@H](C(=O)Nc2ccc(O)cc2F)C1)N1CCC(c2ccccc2)CC1. The van der Waals surface area contributed by atoms with Gasteiger partial charge in [-0.3, -0.25) is 9.69 Å². The predicted octanol–water partition coefficient (Wildman–Crippen LogP) is 4.19. The van der Waals surface area contributed by atoms with Gasteiger partial charge >= 0.3 is 0 Å². The number of nitrogens with zero attached hydrogens (tertiary/aromatic N) is 2. The van der Waals surface area contributed by atoms with Gasteiger partial charge in [-0.1, -0.05) is 36.9 Å². The Labute approximate surface area is 183 Å². The molecule has 0 aromatic heterocycles. The minimum Gasteiger partial charge on any atom is -0.508 e. The molecule has 2 fully saturated rings. The third-order valence-corrected chi connectivity index (χ3v) is 6.47. The van der Waals surface area contributed by atoms with Gasteiger partial charge in [-0.15, -0.1) is 0 Å². The highest BCUT2D eigenvalue weighted by Gasteiger charge is 2.30. The van der Waals surface area contributed by atoms with Crippen LogP contribution in [0.3, 0.4) is 0 Å². The summed E-state index contributed by atoms with van der Waals surface area (Å²) in [6.45, 7) is 8.56. The molecule has 164 valence electrons. The predicted molar refractivity (Wildman–Crippen MR) is 120 cm³/mol. The number of amides is 1. The molecule has 1 amide bonds. The van der Waals surface area contributed by atoms with E-state index in [1.54, 1.807) is 0 Å². The van der Waals surface area contributed by atoms with Crippen LogP contribution in [0, 0.1) is 11.7 Å².